The standard InChI is InChI=1S/C4H5NO/c1-4-2-5(4)3-6/h2-3H,1H3. The Labute approximate surface area is 36.1 Å². The van der Waals surface area contributed by atoms with Gasteiger partial charge in [-0.3, -0.25) is 9.69 Å². The molecule has 0 aromatic carbocycles. The zero-order valence-corrected chi connectivity index (χ0v) is 3.51. The van der Waals surface area contributed by atoms with Crippen molar-refractivity contribution in [3.05, 3.63) is 11.9 Å². The van der Waals surface area contributed by atoms with Gasteiger partial charge in [0.2, 0.25) is 6.41 Å². The van der Waals surface area contributed by atoms with Gasteiger partial charge in [-0.2, -0.15) is 0 Å². The van der Waals surface area contributed by atoms with E-state index in [9.17, 15) is 4.79 Å². The monoisotopic (exact) mass is 83.0 g/mol. The minimum atomic E-state index is 0.787. The number of hydrogen-bond donors (Lipinski definition) is 0. The third-order valence-electron chi connectivity index (χ3n) is 0.779. The maximum atomic E-state index is 9.65. The van der Waals surface area contributed by atoms with E-state index in [0.717, 1.165) is 12.1 Å². The molecule has 1 aliphatic heterocycles. The number of rotatable bonds is 1. The Balaban J connectivity index is 2.35. The van der Waals surface area contributed by atoms with Crippen molar-refractivity contribution in [1.82, 2.24) is 4.90 Å². The molecule has 0 aromatic rings. The minimum Gasteiger partial charge on any atom is -0.291 e. The highest BCUT2D eigenvalue weighted by molar-refractivity contribution is 5.58. The summed E-state index contributed by atoms with van der Waals surface area (Å²) in [6.07, 6.45) is 2.56. The van der Waals surface area contributed by atoms with Gasteiger partial charge in [0.25, 0.3) is 0 Å². The van der Waals surface area contributed by atoms with Crippen molar-refractivity contribution in [2.75, 3.05) is 0 Å². The van der Waals surface area contributed by atoms with Crippen LogP contribution in [0.2, 0.25) is 0 Å². The SMILES string of the molecule is CC1=CN1C=O. The van der Waals surface area contributed by atoms with E-state index >= 15 is 0 Å². The van der Waals surface area contributed by atoms with Crippen LogP contribution in [-0.2, 0) is 4.79 Å². The summed E-state index contributed by atoms with van der Waals surface area (Å²) in [7, 11) is 0. The molecule has 0 unspecified atom stereocenters. The second-order valence-corrected chi connectivity index (χ2v) is 1.28. The molecule has 0 atom stereocenters. The first-order valence-corrected chi connectivity index (χ1v) is 1.76. The fourth-order valence-electron chi connectivity index (χ4n) is 0.286. The maximum absolute atomic E-state index is 9.65. The molecule has 0 saturated carbocycles. The summed E-state index contributed by atoms with van der Waals surface area (Å²) in [5, 5.41) is 0. The smallest absolute Gasteiger partial charge is 0.218 e. The topological polar surface area (TPSA) is 20.1 Å². The molecule has 0 aliphatic carbocycles. The van der Waals surface area contributed by atoms with Gasteiger partial charge in [0.05, 0.1) is 0 Å². The van der Waals surface area contributed by atoms with Crippen LogP contribution in [0.15, 0.2) is 11.9 Å². The van der Waals surface area contributed by atoms with Gasteiger partial charge in [-0.1, -0.05) is 0 Å². The van der Waals surface area contributed by atoms with Crippen LogP contribution in [0.1, 0.15) is 6.92 Å². The molecule has 0 fully saturated rings. The van der Waals surface area contributed by atoms with Gasteiger partial charge in [-0.15, -0.1) is 0 Å². The zero-order valence-electron chi connectivity index (χ0n) is 3.51. The number of carbonyl (C=O) groups excluding carboxylic acids is 1. The number of amides is 1. The Morgan fingerprint density at radius 2 is 2.50 bits per heavy atom. The second-order valence-electron chi connectivity index (χ2n) is 1.28. The highest BCUT2D eigenvalue weighted by Gasteiger charge is 2.11. The van der Waals surface area contributed by atoms with E-state index < -0.39 is 0 Å². The van der Waals surface area contributed by atoms with E-state index in [4.69, 9.17) is 0 Å². The van der Waals surface area contributed by atoms with Crippen LogP contribution >= 0.6 is 0 Å². The van der Waals surface area contributed by atoms with Crippen molar-refractivity contribution < 1.29 is 4.79 Å². The first-order chi connectivity index (χ1) is 2.84. The van der Waals surface area contributed by atoms with Gasteiger partial charge in [-0.25, -0.2) is 0 Å². The third kappa shape index (κ3) is 0.302. The summed E-state index contributed by atoms with van der Waals surface area (Å²) in [5.41, 5.74) is 1.05. The normalized spacial score (nSPS) is 16.8. The van der Waals surface area contributed by atoms with Crippen LogP contribution < -0.4 is 0 Å². The van der Waals surface area contributed by atoms with Crippen molar-refractivity contribution in [3.8, 4) is 0 Å². The molecule has 0 aromatic heterocycles. The number of hydrogen-bond acceptors (Lipinski definition) is 1. The van der Waals surface area contributed by atoms with Gasteiger partial charge < -0.3 is 0 Å². The quantitative estimate of drug-likeness (QED) is 0.418. The third-order valence-corrected chi connectivity index (χ3v) is 0.779. The minimum absolute atomic E-state index is 0.787. The second kappa shape index (κ2) is 0.834. The lowest BCUT2D eigenvalue weighted by Gasteiger charge is -1.80. The van der Waals surface area contributed by atoms with Crippen LogP contribution in [0.5, 0.6) is 0 Å². The van der Waals surface area contributed by atoms with Crippen molar-refractivity contribution in [2.45, 2.75) is 6.92 Å². The summed E-state index contributed by atoms with van der Waals surface area (Å²) in [5.74, 6) is 0. The lowest BCUT2D eigenvalue weighted by atomic mass is 10.7. The molecule has 0 N–H and O–H groups in total. The molecular formula is C4H5NO. The molecule has 6 heavy (non-hydrogen) atoms. The zero-order chi connectivity index (χ0) is 4.57. The van der Waals surface area contributed by atoms with Crippen LogP contribution in [0.25, 0.3) is 0 Å². The van der Waals surface area contributed by atoms with Crippen molar-refractivity contribution in [2.24, 2.45) is 0 Å². The summed E-state index contributed by atoms with van der Waals surface area (Å²) in [4.78, 5) is 11.2. The molecule has 1 rings (SSSR count). The molecule has 0 radical (unpaired) electrons. The average molecular weight is 83.1 g/mol. The van der Waals surface area contributed by atoms with E-state index in [1.54, 1.807) is 6.20 Å². The summed E-state index contributed by atoms with van der Waals surface area (Å²) < 4.78 is 0. The number of carbonyl (C=O) groups is 1. The molecule has 0 bridgehead atoms. The summed E-state index contributed by atoms with van der Waals surface area (Å²) in [6.45, 7) is 1.88. The first-order valence-electron chi connectivity index (χ1n) is 1.76. The lowest BCUT2D eigenvalue weighted by Crippen LogP contribution is -1.89. The van der Waals surface area contributed by atoms with Gasteiger partial charge in [0.1, 0.15) is 0 Å². The molecule has 0 saturated heterocycles. The van der Waals surface area contributed by atoms with E-state index in [1.807, 2.05) is 6.92 Å². The van der Waals surface area contributed by atoms with E-state index in [1.165, 1.54) is 4.90 Å². The Kier molecular flexibility index (Phi) is 0.473. The molecule has 1 amide bonds. The average Bonchev–Trinajstić information content (AvgIpc) is 2.19. The van der Waals surface area contributed by atoms with Crippen LogP contribution in [0.4, 0.5) is 0 Å². The predicted molar refractivity (Wildman–Crippen MR) is 21.7 cm³/mol. The van der Waals surface area contributed by atoms with Crippen molar-refractivity contribution in [1.29, 1.82) is 0 Å². The van der Waals surface area contributed by atoms with Crippen molar-refractivity contribution in [3.63, 3.8) is 0 Å². The Bertz CT molecular complexity index is 106. The molecule has 1 heterocycles. The number of allylic oxidation sites excluding steroid dienone is 1. The predicted octanol–water partition coefficient (Wildman–Crippen LogP) is 0.320. The van der Waals surface area contributed by atoms with Crippen LogP contribution in [-0.4, -0.2) is 11.3 Å². The molecule has 1 aliphatic rings. The van der Waals surface area contributed by atoms with Gasteiger partial charge in [0.15, 0.2) is 0 Å². The van der Waals surface area contributed by atoms with E-state index in [-0.39, 0.29) is 0 Å². The molecule has 2 nitrogen and oxygen atoms in total. The first kappa shape index (κ1) is 3.40. The molecule has 0 spiro atoms. The highest BCUT2D eigenvalue weighted by Crippen LogP contribution is 2.14. The fourth-order valence-corrected chi connectivity index (χ4v) is 0.286. The van der Waals surface area contributed by atoms with E-state index in [0.29, 0.717) is 0 Å². The largest absolute Gasteiger partial charge is 0.291 e. The molecule has 2 heteroatoms. The van der Waals surface area contributed by atoms with Gasteiger partial charge in [0, 0.05) is 11.9 Å². The Morgan fingerprint density at radius 1 is 2.00 bits per heavy atom. The highest BCUT2D eigenvalue weighted by atomic mass is 16.1. The van der Waals surface area contributed by atoms with Crippen LogP contribution in [0, 0.1) is 0 Å². The Morgan fingerprint density at radius 3 is 2.50 bits per heavy atom. The fraction of sp³-hybridized carbons (Fsp3) is 0.250. The van der Waals surface area contributed by atoms with Crippen molar-refractivity contribution >= 4 is 6.41 Å². The summed E-state index contributed by atoms with van der Waals surface area (Å²) in [6, 6.07) is 0. The van der Waals surface area contributed by atoms with E-state index in [2.05, 4.69) is 0 Å². The Hall–Kier alpha value is -0.790. The lowest BCUT2D eigenvalue weighted by molar-refractivity contribution is -0.113. The van der Waals surface area contributed by atoms with Crippen LogP contribution in [0.3, 0.4) is 0 Å². The molecule has 32 valence electrons. The summed E-state index contributed by atoms with van der Waals surface area (Å²) >= 11 is 0. The van der Waals surface area contributed by atoms with Gasteiger partial charge in [-0.05, 0) is 6.92 Å². The van der Waals surface area contributed by atoms with Gasteiger partial charge >= 0.3 is 0 Å². The molecular weight excluding hydrogens is 78.0 g/mol. The number of nitrogens with zero attached hydrogens (tertiary/aromatic N) is 1. The maximum Gasteiger partial charge on any atom is 0.218 e.